The van der Waals surface area contributed by atoms with Gasteiger partial charge < -0.3 is 4.57 Å². The average Bonchev–Trinajstić information content (AvgIpc) is 3.59. The first-order valence-electron chi connectivity index (χ1n) is 13.9. The Morgan fingerprint density at radius 3 is 1.93 bits per heavy atom. The van der Waals surface area contributed by atoms with Crippen LogP contribution in [0.4, 0.5) is 0 Å². The minimum Gasteiger partial charge on any atom is -0.319 e. The van der Waals surface area contributed by atoms with Crippen LogP contribution in [-0.2, 0) is 6.54 Å². The number of nitrogens with zero attached hydrogens (tertiary/aromatic N) is 4. The summed E-state index contributed by atoms with van der Waals surface area (Å²) >= 11 is 0. The second kappa shape index (κ2) is 6.60. The van der Waals surface area contributed by atoms with Gasteiger partial charge in [-0.05, 0) is 85.7 Å². The van der Waals surface area contributed by atoms with E-state index in [2.05, 4.69) is 71.3 Å². The predicted molar refractivity (Wildman–Crippen MR) is 167 cm³/mol. The maximum absolute atomic E-state index is 14.0. The molecule has 0 radical (unpaired) electrons. The van der Waals surface area contributed by atoms with Gasteiger partial charge in [-0.2, -0.15) is 0 Å². The van der Waals surface area contributed by atoms with E-state index in [9.17, 15) is 4.79 Å². The molecule has 0 amide bonds. The van der Waals surface area contributed by atoms with Gasteiger partial charge in [0.15, 0.2) is 0 Å². The van der Waals surface area contributed by atoms with Crippen LogP contribution in [0, 0.1) is 0 Å². The summed E-state index contributed by atoms with van der Waals surface area (Å²) in [7, 11) is 0. The highest BCUT2D eigenvalue weighted by Crippen LogP contribution is 2.47. The third kappa shape index (κ3) is 2.20. The van der Waals surface area contributed by atoms with Crippen LogP contribution in [-0.4, -0.2) is 18.9 Å². The van der Waals surface area contributed by atoms with Crippen molar-refractivity contribution in [3.05, 3.63) is 113 Å². The highest BCUT2D eigenvalue weighted by molar-refractivity contribution is 6.38. The van der Waals surface area contributed by atoms with E-state index in [0.717, 1.165) is 56.1 Å². The van der Waals surface area contributed by atoms with Crippen LogP contribution in [0.1, 0.15) is 5.56 Å². The van der Waals surface area contributed by atoms with Crippen LogP contribution in [0.5, 0.6) is 0 Å². The third-order valence-corrected chi connectivity index (χ3v) is 9.45. The number of para-hydroxylation sites is 4. The Kier molecular flexibility index (Phi) is 3.28. The van der Waals surface area contributed by atoms with E-state index in [4.69, 9.17) is 9.97 Å². The van der Waals surface area contributed by atoms with E-state index < -0.39 is 0 Å². The first kappa shape index (κ1) is 20.4. The lowest BCUT2D eigenvalue weighted by atomic mass is 9.84. The number of imidazole rings is 2. The fourth-order valence-corrected chi connectivity index (χ4v) is 7.79. The second-order valence-electron chi connectivity index (χ2n) is 11.3. The van der Waals surface area contributed by atoms with Crippen LogP contribution in [0.25, 0.3) is 93.0 Å². The van der Waals surface area contributed by atoms with Gasteiger partial charge in [0, 0.05) is 21.7 Å². The summed E-state index contributed by atoms with van der Waals surface area (Å²) in [6, 6.07) is 33.9. The van der Waals surface area contributed by atoms with Gasteiger partial charge >= 0.3 is 0 Å². The van der Waals surface area contributed by atoms with Crippen molar-refractivity contribution in [2.45, 2.75) is 6.54 Å². The van der Waals surface area contributed by atoms with Gasteiger partial charge in [0.1, 0.15) is 11.5 Å². The second-order valence-corrected chi connectivity index (χ2v) is 11.3. The normalized spacial score (nSPS) is 13.4. The van der Waals surface area contributed by atoms with E-state index in [1.165, 1.54) is 49.0 Å². The summed E-state index contributed by atoms with van der Waals surface area (Å²) in [4.78, 5) is 24.0. The zero-order valence-electron chi connectivity index (χ0n) is 21.6. The molecule has 0 unspecified atom stereocenters. The van der Waals surface area contributed by atoms with Crippen molar-refractivity contribution in [2.24, 2.45) is 0 Å². The molecule has 0 spiro atoms. The molecule has 0 aliphatic carbocycles. The molecule has 3 aromatic heterocycles. The Labute approximate surface area is 231 Å². The first-order chi connectivity index (χ1) is 20.3. The molecule has 5 heteroatoms. The van der Waals surface area contributed by atoms with Crippen molar-refractivity contribution < 1.29 is 0 Å². The topological polar surface area (TPSA) is 52.2 Å². The van der Waals surface area contributed by atoms with Gasteiger partial charge in [0.05, 0.1) is 28.6 Å². The van der Waals surface area contributed by atoms with Gasteiger partial charge in [-0.15, -0.1) is 0 Å². The minimum absolute atomic E-state index is 0.0140. The van der Waals surface area contributed by atoms with Crippen molar-refractivity contribution in [3.63, 3.8) is 0 Å². The standard InChI is InChI=1S/C36H18N4O/c41-36-25-16-13-22-20-11-14-23-30-18(17-39-28-7-3-1-5-26(28)37-34(23)39)9-10-19(31(20)30)21-12-15-24(33(25)32(21)22)35-38-27-6-2-4-8-29(27)40(35)36/h1-16H,17H2. The van der Waals surface area contributed by atoms with Crippen molar-refractivity contribution in [2.75, 3.05) is 0 Å². The van der Waals surface area contributed by atoms with Gasteiger partial charge in [-0.3, -0.25) is 9.20 Å². The summed E-state index contributed by atoms with van der Waals surface area (Å²) in [6.07, 6.45) is 0. The molecular weight excluding hydrogens is 504 g/mol. The van der Waals surface area contributed by atoms with Crippen LogP contribution < -0.4 is 5.56 Å². The number of benzene rings is 7. The Hall–Kier alpha value is -5.55. The zero-order valence-corrected chi connectivity index (χ0v) is 21.6. The summed E-state index contributed by atoms with van der Waals surface area (Å²) < 4.78 is 4.12. The molecule has 0 atom stereocenters. The lowest BCUT2D eigenvalue weighted by Gasteiger charge is -2.23. The minimum atomic E-state index is -0.0140. The Morgan fingerprint density at radius 1 is 0.537 bits per heavy atom. The highest BCUT2D eigenvalue weighted by atomic mass is 16.1. The lowest BCUT2D eigenvalue weighted by molar-refractivity contribution is 0.831. The number of hydrogen-bond acceptors (Lipinski definition) is 3. The predicted octanol–water partition coefficient (Wildman–Crippen LogP) is 7.87. The van der Waals surface area contributed by atoms with E-state index in [0.29, 0.717) is 0 Å². The fourth-order valence-electron chi connectivity index (χ4n) is 7.79. The molecule has 5 nitrogen and oxygen atoms in total. The summed E-state index contributed by atoms with van der Waals surface area (Å²) in [5.41, 5.74) is 7.09. The molecule has 10 aromatic rings. The summed E-state index contributed by atoms with van der Waals surface area (Å²) in [6.45, 7) is 0.800. The molecule has 0 bridgehead atoms. The largest absolute Gasteiger partial charge is 0.319 e. The monoisotopic (exact) mass is 522 g/mol. The molecule has 1 aliphatic heterocycles. The first-order valence-corrected chi connectivity index (χ1v) is 13.9. The van der Waals surface area contributed by atoms with Crippen LogP contribution >= 0.6 is 0 Å². The fraction of sp³-hybridized carbons (Fsp3) is 0.0278. The smallest absolute Gasteiger partial charge is 0.264 e. The molecule has 0 fully saturated rings. The van der Waals surface area contributed by atoms with E-state index in [1.54, 1.807) is 4.40 Å². The number of rotatable bonds is 0. The summed E-state index contributed by atoms with van der Waals surface area (Å²) in [5, 5.41) is 11.3. The number of fused-ring (bicyclic) bond motifs is 10. The van der Waals surface area contributed by atoms with Gasteiger partial charge in [0.2, 0.25) is 0 Å². The Balaban J connectivity index is 1.35. The van der Waals surface area contributed by atoms with E-state index in [-0.39, 0.29) is 5.56 Å². The number of hydrogen-bond donors (Lipinski definition) is 0. The van der Waals surface area contributed by atoms with E-state index >= 15 is 0 Å². The maximum atomic E-state index is 14.0. The molecule has 1 aliphatic rings. The van der Waals surface area contributed by atoms with Gasteiger partial charge in [0.25, 0.3) is 5.56 Å². The van der Waals surface area contributed by atoms with Crippen molar-refractivity contribution in [3.8, 4) is 11.4 Å². The van der Waals surface area contributed by atoms with E-state index in [1.807, 2.05) is 30.3 Å². The molecule has 7 aromatic carbocycles. The molecule has 188 valence electrons. The van der Waals surface area contributed by atoms with Gasteiger partial charge in [-0.1, -0.05) is 54.6 Å². The van der Waals surface area contributed by atoms with Crippen LogP contribution in [0.15, 0.2) is 102 Å². The molecule has 41 heavy (non-hydrogen) atoms. The molecular formula is C36H18N4O. The van der Waals surface area contributed by atoms with Gasteiger partial charge in [-0.25, -0.2) is 9.97 Å². The van der Waals surface area contributed by atoms with Crippen LogP contribution in [0.2, 0.25) is 0 Å². The average molecular weight is 523 g/mol. The Bertz CT molecular complexity index is 2840. The van der Waals surface area contributed by atoms with Crippen molar-refractivity contribution in [1.82, 2.24) is 18.9 Å². The summed E-state index contributed by atoms with van der Waals surface area (Å²) in [5.74, 6) is 1.03. The SMILES string of the molecule is O=c1c2ccc3c4ccc5c6c(ccc(c7ccc(c2c37)c2nc3ccccc3n12)c64)Cn1c-5nc2ccccc21. The molecule has 11 rings (SSSR count). The van der Waals surface area contributed by atoms with Crippen molar-refractivity contribution in [1.29, 1.82) is 0 Å². The molecule has 4 heterocycles. The zero-order chi connectivity index (χ0) is 26.6. The molecule has 0 saturated heterocycles. The third-order valence-electron chi connectivity index (χ3n) is 9.45. The Morgan fingerprint density at radius 2 is 1.12 bits per heavy atom. The van der Waals surface area contributed by atoms with Crippen molar-refractivity contribution >= 4 is 81.6 Å². The molecule has 0 saturated carbocycles. The lowest BCUT2D eigenvalue weighted by Crippen LogP contribution is -2.13. The quantitative estimate of drug-likeness (QED) is 0.150. The molecule has 0 N–H and O–H groups in total. The number of aromatic nitrogens is 4. The number of pyridine rings is 1. The van der Waals surface area contributed by atoms with Crippen LogP contribution in [0.3, 0.4) is 0 Å². The maximum Gasteiger partial charge on any atom is 0.264 e. The highest BCUT2D eigenvalue weighted by Gasteiger charge is 2.26.